The van der Waals surface area contributed by atoms with Crippen LogP contribution in [-0.4, -0.2) is 29.1 Å². The SMILES string of the molecule is CCCCc1ccc(Nc2nc(NC)nc(OC)n2)cc1. The predicted molar refractivity (Wildman–Crippen MR) is 84.3 cm³/mol. The molecule has 0 atom stereocenters. The van der Waals surface area contributed by atoms with Crippen LogP contribution in [0.5, 0.6) is 6.01 Å². The van der Waals surface area contributed by atoms with E-state index in [9.17, 15) is 0 Å². The third kappa shape index (κ3) is 4.30. The van der Waals surface area contributed by atoms with E-state index in [-0.39, 0.29) is 6.01 Å². The molecule has 0 spiro atoms. The second-order valence-electron chi connectivity index (χ2n) is 4.64. The molecule has 6 nitrogen and oxygen atoms in total. The Kier molecular flexibility index (Phi) is 5.31. The number of aromatic nitrogens is 3. The number of rotatable bonds is 7. The highest BCUT2D eigenvalue weighted by molar-refractivity contribution is 5.54. The number of benzene rings is 1. The molecule has 0 saturated heterocycles. The van der Waals surface area contributed by atoms with Gasteiger partial charge in [-0.25, -0.2) is 0 Å². The smallest absolute Gasteiger partial charge is 0.322 e. The molecule has 0 amide bonds. The van der Waals surface area contributed by atoms with Gasteiger partial charge < -0.3 is 15.4 Å². The van der Waals surface area contributed by atoms with Crippen LogP contribution >= 0.6 is 0 Å². The average molecular weight is 287 g/mol. The van der Waals surface area contributed by atoms with Gasteiger partial charge in [-0.15, -0.1) is 0 Å². The van der Waals surface area contributed by atoms with Crippen LogP contribution in [0.1, 0.15) is 25.3 Å². The summed E-state index contributed by atoms with van der Waals surface area (Å²) in [6.45, 7) is 2.20. The third-order valence-corrected chi connectivity index (χ3v) is 3.05. The first-order valence-electron chi connectivity index (χ1n) is 7.09. The van der Waals surface area contributed by atoms with Crippen molar-refractivity contribution in [2.45, 2.75) is 26.2 Å². The van der Waals surface area contributed by atoms with Gasteiger partial charge in [0.25, 0.3) is 0 Å². The molecular formula is C15H21N5O. The molecule has 6 heteroatoms. The first kappa shape index (κ1) is 15.0. The summed E-state index contributed by atoms with van der Waals surface area (Å²) in [6.07, 6.45) is 3.53. The van der Waals surface area contributed by atoms with E-state index < -0.39 is 0 Å². The van der Waals surface area contributed by atoms with Crippen molar-refractivity contribution in [2.75, 3.05) is 24.8 Å². The highest BCUT2D eigenvalue weighted by atomic mass is 16.5. The zero-order valence-electron chi connectivity index (χ0n) is 12.7. The van der Waals surface area contributed by atoms with E-state index >= 15 is 0 Å². The molecule has 112 valence electrons. The Hall–Kier alpha value is -2.37. The average Bonchev–Trinajstić information content (AvgIpc) is 2.53. The van der Waals surface area contributed by atoms with E-state index in [2.05, 4.69) is 44.6 Å². The van der Waals surface area contributed by atoms with Crippen LogP contribution in [0, 0.1) is 0 Å². The zero-order valence-corrected chi connectivity index (χ0v) is 12.7. The lowest BCUT2D eigenvalue weighted by Gasteiger charge is -2.08. The van der Waals surface area contributed by atoms with Gasteiger partial charge >= 0.3 is 6.01 Å². The fourth-order valence-corrected chi connectivity index (χ4v) is 1.88. The zero-order chi connectivity index (χ0) is 15.1. The second-order valence-corrected chi connectivity index (χ2v) is 4.64. The summed E-state index contributed by atoms with van der Waals surface area (Å²) in [5.74, 6) is 0.913. The maximum Gasteiger partial charge on any atom is 0.322 e. The van der Waals surface area contributed by atoms with E-state index in [4.69, 9.17) is 4.74 Å². The molecule has 2 aromatic rings. The Morgan fingerprint density at radius 3 is 2.38 bits per heavy atom. The summed E-state index contributed by atoms with van der Waals surface area (Å²) < 4.78 is 5.06. The van der Waals surface area contributed by atoms with E-state index in [0.717, 1.165) is 12.1 Å². The number of nitrogens with zero attached hydrogens (tertiary/aromatic N) is 3. The fourth-order valence-electron chi connectivity index (χ4n) is 1.88. The molecule has 21 heavy (non-hydrogen) atoms. The van der Waals surface area contributed by atoms with Crippen LogP contribution < -0.4 is 15.4 Å². The van der Waals surface area contributed by atoms with E-state index in [1.165, 1.54) is 25.5 Å². The quantitative estimate of drug-likeness (QED) is 0.815. The Bertz CT molecular complexity index is 549. The van der Waals surface area contributed by atoms with Gasteiger partial charge in [0.2, 0.25) is 11.9 Å². The monoisotopic (exact) mass is 287 g/mol. The third-order valence-electron chi connectivity index (χ3n) is 3.05. The van der Waals surface area contributed by atoms with Gasteiger partial charge in [-0.1, -0.05) is 25.5 Å². The van der Waals surface area contributed by atoms with Crippen molar-refractivity contribution in [1.82, 2.24) is 15.0 Å². The van der Waals surface area contributed by atoms with Gasteiger partial charge in [0.05, 0.1) is 7.11 Å². The molecule has 2 rings (SSSR count). The molecule has 2 N–H and O–H groups in total. The number of nitrogens with one attached hydrogen (secondary N) is 2. The number of unbranched alkanes of at least 4 members (excludes halogenated alkanes) is 1. The van der Waals surface area contributed by atoms with E-state index in [1.807, 2.05) is 12.1 Å². The molecule has 0 aliphatic rings. The van der Waals surface area contributed by atoms with Crippen LogP contribution in [0.15, 0.2) is 24.3 Å². The number of aryl methyl sites for hydroxylation is 1. The molecule has 1 aromatic heterocycles. The topological polar surface area (TPSA) is 72.0 Å². The minimum absolute atomic E-state index is 0.274. The molecule has 0 aliphatic carbocycles. The lowest BCUT2D eigenvalue weighted by molar-refractivity contribution is 0.379. The minimum atomic E-state index is 0.274. The number of ether oxygens (including phenoxy) is 1. The summed E-state index contributed by atoms with van der Waals surface area (Å²) in [5, 5.41) is 6.03. The van der Waals surface area contributed by atoms with Gasteiger partial charge in [-0.3, -0.25) is 0 Å². The van der Waals surface area contributed by atoms with Crippen LogP contribution in [0.25, 0.3) is 0 Å². The Labute approximate surface area is 125 Å². The van der Waals surface area contributed by atoms with Gasteiger partial charge in [0.1, 0.15) is 0 Å². The molecule has 0 bridgehead atoms. The number of hydrogen-bond donors (Lipinski definition) is 2. The van der Waals surface area contributed by atoms with Crippen LogP contribution in [0.3, 0.4) is 0 Å². The molecule has 0 radical (unpaired) electrons. The lowest BCUT2D eigenvalue weighted by Crippen LogP contribution is -2.05. The van der Waals surface area contributed by atoms with E-state index in [1.54, 1.807) is 7.05 Å². The van der Waals surface area contributed by atoms with Gasteiger partial charge in [-0.2, -0.15) is 15.0 Å². The minimum Gasteiger partial charge on any atom is -0.467 e. The van der Waals surface area contributed by atoms with Crippen molar-refractivity contribution < 1.29 is 4.74 Å². The Balaban J connectivity index is 2.10. The van der Waals surface area contributed by atoms with Gasteiger partial charge in [0, 0.05) is 12.7 Å². The summed E-state index contributed by atoms with van der Waals surface area (Å²) >= 11 is 0. The number of methoxy groups -OCH3 is 1. The summed E-state index contributed by atoms with van der Waals surface area (Å²) in [5.41, 5.74) is 2.28. The molecule has 0 saturated carbocycles. The Morgan fingerprint density at radius 1 is 1.05 bits per heavy atom. The lowest BCUT2D eigenvalue weighted by atomic mass is 10.1. The molecule has 1 heterocycles. The largest absolute Gasteiger partial charge is 0.467 e. The van der Waals surface area contributed by atoms with Crippen molar-refractivity contribution in [1.29, 1.82) is 0 Å². The van der Waals surface area contributed by atoms with E-state index in [0.29, 0.717) is 11.9 Å². The maximum absolute atomic E-state index is 5.06. The molecule has 0 fully saturated rings. The molecule has 0 aliphatic heterocycles. The highest BCUT2D eigenvalue weighted by Gasteiger charge is 2.06. The molecular weight excluding hydrogens is 266 g/mol. The summed E-state index contributed by atoms with van der Waals surface area (Å²) in [6, 6.07) is 8.57. The molecule has 1 aromatic carbocycles. The van der Waals surface area contributed by atoms with Crippen molar-refractivity contribution in [3.05, 3.63) is 29.8 Å². The molecule has 0 unspecified atom stereocenters. The Morgan fingerprint density at radius 2 is 1.76 bits per heavy atom. The van der Waals surface area contributed by atoms with Crippen molar-refractivity contribution in [3.8, 4) is 6.01 Å². The van der Waals surface area contributed by atoms with Crippen molar-refractivity contribution >= 4 is 17.6 Å². The predicted octanol–water partition coefficient (Wildman–Crippen LogP) is 3.01. The van der Waals surface area contributed by atoms with Crippen LogP contribution in [-0.2, 0) is 6.42 Å². The number of anilines is 3. The standard InChI is InChI=1S/C15H21N5O/c1-4-5-6-11-7-9-12(10-8-11)17-14-18-13(16-2)19-15(20-14)21-3/h7-10H,4-6H2,1-3H3,(H2,16,17,18,19,20). The summed E-state index contributed by atoms with van der Waals surface area (Å²) in [4.78, 5) is 12.5. The fraction of sp³-hybridized carbons (Fsp3) is 0.400. The maximum atomic E-state index is 5.06. The second kappa shape index (κ2) is 7.42. The summed E-state index contributed by atoms with van der Waals surface area (Å²) in [7, 11) is 3.28. The first-order valence-corrected chi connectivity index (χ1v) is 7.09. The normalized spacial score (nSPS) is 10.2. The highest BCUT2D eigenvalue weighted by Crippen LogP contribution is 2.17. The van der Waals surface area contributed by atoms with Crippen LogP contribution in [0.2, 0.25) is 0 Å². The van der Waals surface area contributed by atoms with Crippen molar-refractivity contribution in [2.24, 2.45) is 0 Å². The van der Waals surface area contributed by atoms with Crippen molar-refractivity contribution in [3.63, 3.8) is 0 Å². The van der Waals surface area contributed by atoms with Gasteiger partial charge in [0.15, 0.2) is 0 Å². The van der Waals surface area contributed by atoms with Crippen LogP contribution in [0.4, 0.5) is 17.6 Å². The first-order chi connectivity index (χ1) is 10.2. The number of hydrogen-bond acceptors (Lipinski definition) is 6. The van der Waals surface area contributed by atoms with Gasteiger partial charge in [-0.05, 0) is 30.5 Å².